The first-order valence-corrected chi connectivity index (χ1v) is 7.76. The van der Waals surface area contributed by atoms with E-state index in [4.69, 9.17) is 0 Å². The van der Waals surface area contributed by atoms with Crippen LogP contribution < -0.4 is 5.32 Å². The molecule has 2 fully saturated rings. The Morgan fingerprint density at radius 1 is 1.26 bits per heavy atom. The third kappa shape index (κ3) is 3.18. The Bertz CT molecular complexity index is 460. The maximum absolute atomic E-state index is 11.4. The number of likely N-dealkylation sites (tertiary alicyclic amines) is 1. The number of hydrogen-bond donors (Lipinski definition) is 1. The first-order chi connectivity index (χ1) is 9.20. The lowest BCUT2D eigenvalue weighted by Crippen LogP contribution is -2.53. The summed E-state index contributed by atoms with van der Waals surface area (Å²) < 4.78 is 1.13. The molecule has 1 N–H and O–H groups in total. The van der Waals surface area contributed by atoms with Crippen molar-refractivity contribution in [2.45, 2.75) is 31.8 Å². The fourth-order valence-electron chi connectivity index (χ4n) is 3.18. The largest absolute Gasteiger partial charge is 0.353 e. The van der Waals surface area contributed by atoms with E-state index >= 15 is 0 Å². The summed E-state index contributed by atoms with van der Waals surface area (Å²) in [5.41, 5.74) is 1.36. The van der Waals surface area contributed by atoms with E-state index in [2.05, 4.69) is 50.4 Å². The van der Waals surface area contributed by atoms with Crippen molar-refractivity contribution in [2.24, 2.45) is 5.92 Å². The summed E-state index contributed by atoms with van der Waals surface area (Å²) in [6.07, 6.45) is 2.84. The Morgan fingerprint density at radius 2 is 2.05 bits per heavy atom. The monoisotopic (exact) mass is 322 g/mol. The molecule has 102 valence electrons. The standard InChI is InChI=1S/C15H19BrN2O/c16-13-4-1-11(2-5-13)9-18-8-7-14-12(10-18)3-6-15(19)17-14/h1-2,4-5,12,14H,3,6-10H2,(H,17,19). The predicted molar refractivity (Wildman–Crippen MR) is 78.7 cm³/mol. The fraction of sp³-hybridized carbons (Fsp3) is 0.533. The number of nitrogens with zero attached hydrogens (tertiary/aromatic N) is 1. The van der Waals surface area contributed by atoms with Gasteiger partial charge in [0.25, 0.3) is 0 Å². The minimum absolute atomic E-state index is 0.239. The van der Waals surface area contributed by atoms with E-state index in [1.54, 1.807) is 0 Å². The number of carbonyl (C=O) groups excluding carboxylic acids is 1. The molecule has 2 saturated heterocycles. The van der Waals surface area contributed by atoms with Gasteiger partial charge in [-0.05, 0) is 36.5 Å². The van der Waals surface area contributed by atoms with E-state index in [1.807, 2.05) is 0 Å². The molecule has 1 aromatic rings. The van der Waals surface area contributed by atoms with Gasteiger partial charge in [-0.3, -0.25) is 9.69 Å². The minimum atomic E-state index is 0.239. The van der Waals surface area contributed by atoms with Gasteiger partial charge in [-0.25, -0.2) is 0 Å². The quantitative estimate of drug-likeness (QED) is 0.907. The van der Waals surface area contributed by atoms with Gasteiger partial charge in [0, 0.05) is 36.6 Å². The van der Waals surface area contributed by atoms with Crippen LogP contribution in [-0.2, 0) is 11.3 Å². The molecule has 0 bridgehead atoms. The van der Waals surface area contributed by atoms with Gasteiger partial charge < -0.3 is 5.32 Å². The second-order valence-electron chi connectivity index (χ2n) is 5.62. The van der Waals surface area contributed by atoms with Crippen molar-refractivity contribution in [2.75, 3.05) is 13.1 Å². The maximum atomic E-state index is 11.4. The van der Waals surface area contributed by atoms with Crippen molar-refractivity contribution in [1.29, 1.82) is 0 Å². The number of carbonyl (C=O) groups is 1. The molecule has 0 radical (unpaired) electrons. The number of hydrogen-bond acceptors (Lipinski definition) is 2. The molecule has 3 rings (SSSR count). The molecule has 2 aliphatic heterocycles. The van der Waals surface area contributed by atoms with E-state index in [-0.39, 0.29) is 5.91 Å². The molecular weight excluding hydrogens is 304 g/mol. The molecule has 2 aliphatic rings. The van der Waals surface area contributed by atoms with Gasteiger partial charge in [0.2, 0.25) is 5.91 Å². The average Bonchev–Trinajstić information content (AvgIpc) is 2.42. The van der Waals surface area contributed by atoms with Gasteiger partial charge in [0.1, 0.15) is 0 Å². The van der Waals surface area contributed by atoms with Crippen molar-refractivity contribution in [3.05, 3.63) is 34.3 Å². The minimum Gasteiger partial charge on any atom is -0.353 e. The predicted octanol–water partition coefficient (Wildman–Crippen LogP) is 2.55. The van der Waals surface area contributed by atoms with E-state index < -0.39 is 0 Å². The van der Waals surface area contributed by atoms with Crippen molar-refractivity contribution in [3.63, 3.8) is 0 Å². The molecule has 3 nitrogen and oxygen atoms in total. The van der Waals surface area contributed by atoms with Gasteiger partial charge in [-0.1, -0.05) is 28.1 Å². The summed E-state index contributed by atoms with van der Waals surface area (Å²) in [5.74, 6) is 0.879. The lowest BCUT2D eigenvalue weighted by atomic mass is 9.85. The number of amides is 1. The molecule has 2 unspecified atom stereocenters. The lowest BCUT2D eigenvalue weighted by Gasteiger charge is -2.41. The smallest absolute Gasteiger partial charge is 0.220 e. The summed E-state index contributed by atoms with van der Waals surface area (Å²) >= 11 is 3.47. The van der Waals surface area contributed by atoms with Crippen LogP contribution in [0.4, 0.5) is 0 Å². The van der Waals surface area contributed by atoms with Gasteiger partial charge in [0.05, 0.1) is 0 Å². The number of rotatable bonds is 2. The highest BCUT2D eigenvalue weighted by atomic mass is 79.9. The Hall–Kier alpha value is -0.870. The Morgan fingerprint density at radius 3 is 2.84 bits per heavy atom. The molecule has 2 heterocycles. The number of nitrogens with one attached hydrogen (secondary N) is 1. The highest BCUT2D eigenvalue weighted by molar-refractivity contribution is 9.10. The van der Waals surface area contributed by atoms with Gasteiger partial charge in [-0.2, -0.15) is 0 Å². The topological polar surface area (TPSA) is 32.3 Å². The number of benzene rings is 1. The fourth-order valence-corrected chi connectivity index (χ4v) is 3.44. The van der Waals surface area contributed by atoms with Crippen LogP contribution in [0.3, 0.4) is 0 Å². The molecule has 1 amide bonds. The van der Waals surface area contributed by atoms with Crippen molar-refractivity contribution in [3.8, 4) is 0 Å². The maximum Gasteiger partial charge on any atom is 0.220 e. The van der Waals surface area contributed by atoms with E-state index in [0.717, 1.165) is 36.9 Å². The molecule has 2 atom stereocenters. The van der Waals surface area contributed by atoms with Crippen LogP contribution in [0.1, 0.15) is 24.8 Å². The zero-order valence-electron chi connectivity index (χ0n) is 10.9. The van der Waals surface area contributed by atoms with Gasteiger partial charge in [0.15, 0.2) is 0 Å². The van der Waals surface area contributed by atoms with Crippen LogP contribution >= 0.6 is 15.9 Å². The first kappa shape index (κ1) is 13.1. The van der Waals surface area contributed by atoms with Crippen LogP contribution in [0.2, 0.25) is 0 Å². The van der Waals surface area contributed by atoms with Crippen molar-refractivity contribution in [1.82, 2.24) is 10.2 Å². The molecule has 1 aromatic carbocycles. The third-order valence-electron chi connectivity index (χ3n) is 4.23. The van der Waals surface area contributed by atoms with E-state index in [9.17, 15) is 4.79 Å². The lowest BCUT2D eigenvalue weighted by molar-refractivity contribution is -0.125. The molecule has 0 saturated carbocycles. The molecule has 0 spiro atoms. The van der Waals surface area contributed by atoms with Crippen LogP contribution in [0.15, 0.2) is 28.7 Å². The van der Waals surface area contributed by atoms with Crippen LogP contribution in [0, 0.1) is 5.92 Å². The van der Waals surface area contributed by atoms with Crippen LogP contribution in [0.25, 0.3) is 0 Å². The summed E-state index contributed by atoms with van der Waals surface area (Å²) in [5, 5.41) is 3.14. The highest BCUT2D eigenvalue weighted by Gasteiger charge is 2.33. The Labute approximate surface area is 122 Å². The van der Waals surface area contributed by atoms with E-state index in [0.29, 0.717) is 18.4 Å². The molecule has 4 heteroatoms. The number of piperidine rings is 2. The third-order valence-corrected chi connectivity index (χ3v) is 4.75. The molecule has 0 aliphatic carbocycles. The Balaban J connectivity index is 1.59. The number of halogens is 1. The van der Waals surface area contributed by atoms with Crippen LogP contribution in [-0.4, -0.2) is 29.9 Å². The SMILES string of the molecule is O=C1CCC2CN(Cc3ccc(Br)cc3)CCC2N1. The van der Waals surface area contributed by atoms with Crippen molar-refractivity contribution < 1.29 is 4.79 Å². The number of fused-ring (bicyclic) bond motifs is 1. The van der Waals surface area contributed by atoms with Crippen LogP contribution in [0.5, 0.6) is 0 Å². The second kappa shape index (κ2) is 5.63. The molecule has 0 aromatic heterocycles. The summed E-state index contributed by atoms with van der Waals surface area (Å²) in [6.45, 7) is 3.21. The summed E-state index contributed by atoms with van der Waals surface area (Å²) in [7, 11) is 0. The average molecular weight is 323 g/mol. The van der Waals surface area contributed by atoms with Crippen molar-refractivity contribution >= 4 is 21.8 Å². The Kier molecular flexibility index (Phi) is 3.89. The zero-order valence-corrected chi connectivity index (χ0v) is 12.5. The second-order valence-corrected chi connectivity index (χ2v) is 6.54. The molecule has 19 heavy (non-hydrogen) atoms. The first-order valence-electron chi connectivity index (χ1n) is 6.97. The van der Waals surface area contributed by atoms with Gasteiger partial charge >= 0.3 is 0 Å². The normalized spacial score (nSPS) is 27.7. The molecular formula is C15H19BrN2O. The van der Waals surface area contributed by atoms with E-state index in [1.165, 1.54) is 5.56 Å². The van der Waals surface area contributed by atoms with Gasteiger partial charge in [-0.15, -0.1) is 0 Å². The highest BCUT2D eigenvalue weighted by Crippen LogP contribution is 2.26. The summed E-state index contributed by atoms with van der Waals surface area (Å²) in [4.78, 5) is 13.9. The zero-order chi connectivity index (χ0) is 13.2. The summed E-state index contributed by atoms with van der Waals surface area (Å²) in [6, 6.07) is 8.98.